The summed E-state index contributed by atoms with van der Waals surface area (Å²) in [4.78, 5) is 46.2. The number of ketones is 2. The number of methoxy groups -OCH3 is 2. The Morgan fingerprint density at radius 3 is 2.23 bits per heavy atom. The van der Waals surface area contributed by atoms with Crippen molar-refractivity contribution in [2.45, 2.75) is 17.5 Å². The van der Waals surface area contributed by atoms with Gasteiger partial charge in [0.25, 0.3) is 0 Å². The summed E-state index contributed by atoms with van der Waals surface area (Å²) in [5, 5.41) is 3.06. The second-order valence-electron chi connectivity index (χ2n) is 10.9. The van der Waals surface area contributed by atoms with E-state index in [4.69, 9.17) is 9.47 Å². The van der Waals surface area contributed by atoms with Crippen molar-refractivity contribution in [2.24, 2.45) is 5.92 Å². The Morgan fingerprint density at radius 2 is 1.51 bits per heavy atom. The zero-order chi connectivity index (χ0) is 29.9. The van der Waals surface area contributed by atoms with Gasteiger partial charge in [0.1, 0.15) is 23.0 Å². The zero-order valence-electron chi connectivity index (χ0n) is 23.4. The van der Waals surface area contributed by atoms with E-state index in [1.807, 2.05) is 65.6 Å². The second-order valence-corrected chi connectivity index (χ2v) is 11.8. The van der Waals surface area contributed by atoms with E-state index in [0.717, 1.165) is 15.7 Å². The number of fused-ring (bicyclic) bond motifs is 6. The summed E-state index contributed by atoms with van der Waals surface area (Å²) in [6.45, 7) is 0. The third-order valence-corrected chi connectivity index (χ3v) is 9.39. The molecule has 4 aromatic carbocycles. The lowest BCUT2D eigenvalue weighted by Gasteiger charge is -2.37. The lowest BCUT2D eigenvalue weighted by Crippen LogP contribution is -2.51. The van der Waals surface area contributed by atoms with Gasteiger partial charge in [-0.15, -0.1) is 0 Å². The normalized spacial score (nSPS) is 22.9. The number of carbonyl (C=O) groups is 3. The molecule has 8 heteroatoms. The Hall–Kier alpha value is -4.69. The molecule has 3 aliphatic rings. The average molecular weight is 636 g/mol. The first kappa shape index (κ1) is 27.2. The van der Waals surface area contributed by atoms with E-state index in [-0.39, 0.29) is 17.5 Å². The molecule has 0 radical (unpaired) electrons. The van der Waals surface area contributed by atoms with E-state index < -0.39 is 23.4 Å². The molecule has 3 aliphatic heterocycles. The monoisotopic (exact) mass is 634 g/mol. The van der Waals surface area contributed by atoms with Crippen molar-refractivity contribution in [3.05, 3.63) is 124 Å². The Kier molecular flexibility index (Phi) is 6.47. The van der Waals surface area contributed by atoms with E-state index >= 15 is 0 Å². The highest BCUT2D eigenvalue weighted by atomic mass is 79.9. The molecule has 7 rings (SSSR count). The van der Waals surface area contributed by atoms with Gasteiger partial charge in [0.2, 0.25) is 5.91 Å². The molecule has 0 bridgehead atoms. The van der Waals surface area contributed by atoms with Gasteiger partial charge in [-0.1, -0.05) is 76.6 Å². The van der Waals surface area contributed by atoms with Crippen molar-refractivity contribution >= 4 is 50.9 Å². The molecule has 214 valence electrons. The van der Waals surface area contributed by atoms with Gasteiger partial charge < -0.3 is 19.7 Å². The van der Waals surface area contributed by atoms with Crippen LogP contribution in [0.3, 0.4) is 0 Å². The molecule has 1 fully saturated rings. The van der Waals surface area contributed by atoms with Gasteiger partial charge in [-0.25, -0.2) is 0 Å². The molecule has 1 amide bonds. The number of nitrogens with one attached hydrogen (secondary N) is 1. The van der Waals surface area contributed by atoms with E-state index in [0.29, 0.717) is 33.9 Å². The van der Waals surface area contributed by atoms with Crippen LogP contribution in [0.2, 0.25) is 0 Å². The van der Waals surface area contributed by atoms with Crippen molar-refractivity contribution in [1.29, 1.82) is 0 Å². The van der Waals surface area contributed by atoms with Gasteiger partial charge in [0.05, 0.1) is 26.2 Å². The summed E-state index contributed by atoms with van der Waals surface area (Å²) in [6, 6.07) is 25.6. The SMILES string of the molecule is COc1cc(OC)cc(C(=O)[C@@H]2[C@H](C(=O)c3ccc(Br)cc3)[C@]3(C(=O)Nc4ccccc43)[C@H]3C=Cc4ccccc4N23)c1. The van der Waals surface area contributed by atoms with Crippen LogP contribution in [0.1, 0.15) is 31.8 Å². The topological polar surface area (TPSA) is 84.9 Å². The van der Waals surface area contributed by atoms with E-state index in [1.54, 1.807) is 42.5 Å². The maximum absolute atomic E-state index is 14.9. The fourth-order valence-electron chi connectivity index (χ4n) is 7.03. The van der Waals surface area contributed by atoms with Crippen LogP contribution in [-0.4, -0.2) is 43.8 Å². The van der Waals surface area contributed by atoms with Crippen LogP contribution in [0.15, 0.2) is 102 Å². The summed E-state index contributed by atoms with van der Waals surface area (Å²) in [7, 11) is 3.05. The number of rotatable bonds is 6. The van der Waals surface area contributed by atoms with Crippen LogP contribution in [0.25, 0.3) is 6.08 Å². The number of hydrogen-bond acceptors (Lipinski definition) is 6. The zero-order valence-corrected chi connectivity index (χ0v) is 25.0. The minimum Gasteiger partial charge on any atom is -0.497 e. The first-order valence-electron chi connectivity index (χ1n) is 13.9. The number of benzene rings is 4. The first-order chi connectivity index (χ1) is 20.9. The van der Waals surface area contributed by atoms with Crippen LogP contribution >= 0.6 is 15.9 Å². The molecule has 0 aliphatic carbocycles. The number of halogens is 1. The van der Waals surface area contributed by atoms with E-state index in [1.165, 1.54) is 14.2 Å². The predicted octanol–water partition coefficient (Wildman–Crippen LogP) is 6.32. The predicted molar refractivity (Wildman–Crippen MR) is 168 cm³/mol. The molecule has 0 saturated carbocycles. The Bertz CT molecular complexity index is 1810. The number of Topliss-reactive ketones (excluding diaryl/α,β-unsaturated/α-hetero) is 2. The van der Waals surface area contributed by atoms with Crippen LogP contribution in [0, 0.1) is 5.92 Å². The van der Waals surface area contributed by atoms with Crippen LogP contribution in [-0.2, 0) is 10.2 Å². The molecule has 7 nitrogen and oxygen atoms in total. The molecule has 0 unspecified atom stereocenters. The molecule has 4 aromatic rings. The van der Waals surface area contributed by atoms with Crippen molar-refractivity contribution in [3.63, 3.8) is 0 Å². The van der Waals surface area contributed by atoms with E-state index in [2.05, 4.69) is 21.2 Å². The Morgan fingerprint density at radius 1 is 0.837 bits per heavy atom. The number of nitrogens with zero attached hydrogens (tertiary/aromatic N) is 1. The van der Waals surface area contributed by atoms with Crippen molar-refractivity contribution in [2.75, 3.05) is 24.4 Å². The lowest BCUT2D eigenvalue weighted by molar-refractivity contribution is -0.121. The third-order valence-electron chi connectivity index (χ3n) is 8.86. The summed E-state index contributed by atoms with van der Waals surface area (Å²) in [5.41, 5.74) is 2.39. The fraction of sp³-hybridized carbons (Fsp3) is 0.171. The van der Waals surface area contributed by atoms with Crippen LogP contribution < -0.4 is 19.7 Å². The number of para-hydroxylation sites is 2. The minimum absolute atomic E-state index is 0.284. The molecule has 1 saturated heterocycles. The number of amides is 1. The summed E-state index contributed by atoms with van der Waals surface area (Å²) >= 11 is 3.46. The minimum atomic E-state index is -1.38. The van der Waals surface area contributed by atoms with Gasteiger partial charge >= 0.3 is 0 Å². The summed E-state index contributed by atoms with van der Waals surface area (Å²) in [6.07, 6.45) is 3.94. The third kappa shape index (κ3) is 3.97. The van der Waals surface area contributed by atoms with Crippen molar-refractivity contribution in [3.8, 4) is 11.5 Å². The summed E-state index contributed by atoms with van der Waals surface area (Å²) < 4.78 is 11.8. The quantitative estimate of drug-likeness (QED) is 0.250. The molecule has 1 spiro atoms. The first-order valence-corrected chi connectivity index (χ1v) is 14.7. The number of ether oxygens (including phenoxy) is 2. The van der Waals surface area contributed by atoms with Gasteiger partial charge in [0.15, 0.2) is 11.6 Å². The highest BCUT2D eigenvalue weighted by Crippen LogP contribution is 2.58. The highest BCUT2D eigenvalue weighted by Gasteiger charge is 2.70. The maximum Gasteiger partial charge on any atom is 0.238 e. The van der Waals surface area contributed by atoms with Crippen LogP contribution in [0.5, 0.6) is 11.5 Å². The summed E-state index contributed by atoms with van der Waals surface area (Å²) in [5.74, 6) is -1.06. The van der Waals surface area contributed by atoms with Crippen molar-refractivity contribution < 1.29 is 23.9 Å². The van der Waals surface area contributed by atoms with E-state index in [9.17, 15) is 14.4 Å². The van der Waals surface area contributed by atoms with Gasteiger partial charge in [-0.2, -0.15) is 0 Å². The maximum atomic E-state index is 14.9. The van der Waals surface area contributed by atoms with Crippen LogP contribution in [0.4, 0.5) is 11.4 Å². The molecule has 4 atom stereocenters. The number of anilines is 2. The second kappa shape index (κ2) is 10.2. The molecule has 1 N–H and O–H groups in total. The lowest BCUT2D eigenvalue weighted by atomic mass is 9.64. The molecule has 0 aromatic heterocycles. The molecule has 3 heterocycles. The smallest absolute Gasteiger partial charge is 0.238 e. The standard InChI is InChI=1S/C35H27BrN2O5/c1-42-24-17-22(18-25(19-24)43-2)33(40)31-30(32(39)21-11-14-23(36)15-12-21)35(26-8-4-5-9-27(26)37-34(35)41)29-16-13-20-7-3-6-10-28(20)38(29)31/h3-19,29-31H,1-2H3,(H,37,41)/t29-,30-,31+,35-/m1/s1. The van der Waals surface area contributed by atoms with Gasteiger partial charge in [0, 0.05) is 33.0 Å². The molecular weight excluding hydrogens is 608 g/mol. The Labute approximate surface area is 257 Å². The largest absolute Gasteiger partial charge is 0.497 e. The molecular formula is C35H27BrN2O5. The fourth-order valence-corrected chi connectivity index (χ4v) is 7.30. The Balaban J connectivity index is 1.53. The average Bonchev–Trinajstić information content (AvgIpc) is 3.52. The number of hydrogen-bond donors (Lipinski definition) is 1. The van der Waals surface area contributed by atoms with Gasteiger partial charge in [-0.3, -0.25) is 14.4 Å². The van der Waals surface area contributed by atoms with Gasteiger partial charge in [-0.05, 0) is 47.5 Å². The molecule has 43 heavy (non-hydrogen) atoms. The number of carbonyl (C=O) groups excluding carboxylic acids is 3. The highest BCUT2D eigenvalue weighted by molar-refractivity contribution is 9.10. The van der Waals surface area contributed by atoms with Crippen molar-refractivity contribution in [1.82, 2.24) is 0 Å².